The summed E-state index contributed by atoms with van der Waals surface area (Å²) in [6, 6.07) is 0. The zero-order valence-corrected chi connectivity index (χ0v) is 13.3. The molecule has 0 radical (unpaired) electrons. The van der Waals surface area contributed by atoms with Crippen LogP contribution in [0.4, 0.5) is 4.79 Å². The van der Waals surface area contributed by atoms with Gasteiger partial charge >= 0.3 is 6.09 Å². The Hall–Kier alpha value is -0.810. The zero-order valence-electron chi connectivity index (χ0n) is 13.3. The summed E-state index contributed by atoms with van der Waals surface area (Å²) < 4.78 is 11.0. The van der Waals surface area contributed by atoms with Crippen molar-refractivity contribution in [3.63, 3.8) is 0 Å². The number of ether oxygens (including phenoxy) is 2. The van der Waals surface area contributed by atoms with Crippen LogP contribution in [0.25, 0.3) is 0 Å². The molecule has 1 saturated heterocycles. The van der Waals surface area contributed by atoms with Gasteiger partial charge in [0.2, 0.25) is 0 Å². The fraction of sp³-hybridized carbons (Fsp3) is 0.933. The molecule has 5 heteroatoms. The van der Waals surface area contributed by atoms with Crippen LogP contribution in [0.15, 0.2) is 0 Å². The summed E-state index contributed by atoms with van der Waals surface area (Å²) in [6.07, 6.45) is 1.43. The lowest BCUT2D eigenvalue weighted by Gasteiger charge is -2.40. The third-order valence-electron chi connectivity index (χ3n) is 4.94. The normalized spacial score (nSPS) is 35.7. The van der Waals surface area contributed by atoms with E-state index in [9.17, 15) is 4.79 Å². The summed E-state index contributed by atoms with van der Waals surface area (Å²) in [7, 11) is 0. The first kappa shape index (κ1) is 15.6. The molecule has 20 heavy (non-hydrogen) atoms. The molecule has 2 rings (SSSR count). The highest BCUT2D eigenvalue weighted by Crippen LogP contribution is 2.69. The minimum Gasteiger partial charge on any atom is -0.444 e. The van der Waals surface area contributed by atoms with Gasteiger partial charge in [-0.2, -0.15) is 0 Å². The molecule has 5 nitrogen and oxygen atoms in total. The largest absolute Gasteiger partial charge is 0.444 e. The van der Waals surface area contributed by atoms with E-state index in [4.69, 9.17) is 15.2 Å². The molecule has 2 aliphatic rings. The molecule has 1 aliphatic carbocycles. The van der Waals surface area contributed by atoms with Gasteiger partial charge in [0, 0.05) is 18.6 Å². The van der Waals surface area contributed by atoms with Gasteiger partial charge < -0.3 is 20.5 Å². The van der Waals surface area contributed by atoms with Crippen LogP contribution in [0.3, 0.4) is 0 Å². The molecule has 2 unspecified atom stereocenters. The molecular formula is C15H28N2O3. The average molecular weight is 284 g/mol. The number of nitrogens with two attached hydrogens (primary N) is 1. The number of hydrogen-bond acceptors (Lipinski definition) is 4. The van der Waals surface area contributed by atoms with Gasteiger partial charge in [-0.25, -0.2) is 4.79 Å². The van der Waals surface area contributed by atoms with E-state index in [1.165, 1.54) is 0 Å². The van der Waals surface area contributed by atoms with Gasteiger partial charge in [0.25, 0.3) is 0 Å². The van der Waals surface area contributed by atoms with Crippen molar-refractivity contribution in [1.82, 2.24) is 5.32 Å². The van der Waals surface area contributed by atoms with Gasteiger partial charge in [-0.1, -0.05) is 13.8 Å². The molecule has 2 fully saturated rings. The van der Waals surface area contributed by atoms with Gasteiger partial charge in [-0.05, 0) is 39.0 Å². The molecule has 0 bridgehead atoms. The quantitative estimate of drug-likeness (QED) is 0.832. The Morgan fingerprint density at radius 1 is 1.40 bits per heavy atom. The summed E-state index contributed by atoms with van der Waals surface area (Å²) in [5.41, 5.74) is 5.21. The van der Waals surface area contributed by atoms with Crippen molar-refractivity contribution in [3.8, 4) is 0 Å². The van der Waals surface area contributed by atoms with Crippen molar-refractivity contribution >= 4 is 6.09 Å². The van der Waals surface area contributed by atoms with Crippen LogP contribution < -0.4 is 11.1 Å². The van der Waals surface area contributed by atoms with E-state index in [2.05, 4.69) is 19.2 Å². The maximum atomic E-state index is 12.2. The second-order valence-corrected chi connectivity index (χ2v) is 7.86. The Bertz CT molecular complexity index is 394. The number of amides is 1. The summed E-state index contributed by atoms with van der Waals surface area (Å²) in [5, 5.41) is 3.09. The Morgan fingerprint density at radius 3 is 2.35 bits per heavy atom. The number of rotatable bonds is 3. The standard InChI is InChI=1S/C15H28N2O3/c1-12(2,3)20-11(18)17-15(6-7-19-10-15)14(9-16)8-13(14,4)5/h6-10,16H2,1-5H3,(H,17,18). The van der Waals surface area contributed by atoms with Gasteiger partial charge in [0.05, 0.1) is 12.1 Å². The molecule has 3 N–H and O–H groups in total. The number of carbonyl (C=O) groups excluding carboxylic acids is 1. The van der Waals surface area contributed by atoms with Crippen LogP contribution in [0, 0.1) is 10.8 Å². The Labute approximate surface area is 121 Å². The molecule has 0 aromatic rings. The highest BCUT2D eigenvalue weighted by Gasteiger charge is 2.71. The number of carbonyl (C=O) groups is 1. The molecule has 2 atom stereocenters. The second kappa shape index (κ2) is 4.60. The Balaban J connectivity index is 2.18. The van der Waals surface area contributed by atoms with Crippen molar-refractivity contribution < 1.29 is 14.3 Å². The first-order valence-corrected chi connectivity index (χ1v) is 7.37. The molecule has 0 aromatic heterocycles. The third kappa shape index (κ3) is 2.42. The Kier molecular flexibility index (Phi) is 3.58. The van der Waals surface area contributed by atoms with Crippen molar-refractivity contribution in [1.29, 1.82) is 0 Å². The summed E-state index contributed by atoms with van der Waals surface area (Å²) in [4.78, 5) is 12.2. The molecule has 116 valence electrons. The third-order valence-corrected chi connectivity index (χ3v) is 4.94. The fourth-order valence-corrected chi connectivity index (χ4v) is 3.73. The van der Waals surface area contributed by atoms with Crippen molar-refractivity contribution in [2.75, 3.05) is 19.8 Å². The smallest absolute Gasteiger partial charge is 0.408 e. The topological polar surface area (TPSA) is 73.6 Å². The predicted molar refractivity (Wildman–Crippen MR) is 77.4 cm³/mol. The lowest BCUT2D eigenvalue weighted by atomic mass is 9.75. The zero-order chi connectivity index (χ0) is 15.2. The van der Waals surface area contributed by atoms with Crippen LogP contribution in [0.2, 0.25) is 0 Å². The maximum Gasteiger partial charge on any atom is 0.408 e. The van der Waals surface area contributed by atoms with Crippen molar-refractivity contribution in [2.45, 2.75) is 58.6 Å². The maximum absolute atomic E-state index is 12.2. The summed E-state index contributed by atoms with van der Waals surface area (Å²) in [6.45, 7) is 11.7. The minimum atomic E-state index is -0.500. The van der Waals surface area contributed by atoms with Gasteiger partial charge in [-0.15, -0.1) is 0 Å². The highest BCUT2D eigenvalue weighted by molar-refractivity contribution is 5.69. The van der Waals surface area contributed by atoms with Crippen LogP contribution in [-0.2, 0) is 9.47 Å². The van der Waals surface area contributed by atoms with E-state index in [0.717, 1.165) is 12.8 Å². The van der Waals surface area contributed by atoms with Gasteiger partial charge in [0.15, 0.2) is 0 Å². The molecule has 1 saturated carbocycles. The molecule has 1 amide bonds. The highest BCUT2D eigenvalue weighted by atomic mass is 16.6. The number of nitrogens with one attached hydrogen (secondary N) is 1. The molecule has 0 aromatic carbocycles. The van der Waals surface area contributed by atoms with Crippen LogP contribution >= 0.6 is 0 Å². The van der Waals surface area contributed by atoms with E-state index < -0.39 is 11.1 Å². The van der Waals surface area contributed by atoms with Gasteiger partial charge in [0.1, 0.15) is 5.60 Å². The van der Waals surface area contributed by atoms with Gasteiger partial charge in [-0.3, -0.25) is 0 Å². The summed E-state index contributed by atoms with van der Waals surface area (Å²) >= 11 is 0. The summed E-state index contributed by atoms with van der Waals surface area (Å²) in [5.74, 6) is 0. The van der Waals surface area contributed by atoms with E-state index in [0.29, 0.717) is 19.8 Å². The van der Waals surface area contributed by atoms with Crippen LogP contribution in [0.5, 0.6) is 0 Å². The van der Waals surface area contributed by atoms with E-state index in [-0.39, 0.29) is 16.9 Å². The van der Waals surface area contributed by atoms with Crippen LogP contribution in [0.1, 0.15) is 47.5 Å². The second-order valence-electron chi connectivity index (χ2n) is 7.86. The SMILES string of the molecule is CC(C)(C)OC(=O)NC1(C2(CN)CC2(C)C)CCOC1. The average Bonchev–Trinajstić information content (AvgIpc) is 2.66. The Morgan fingerprint density at radius 2 is 2.00 bits per heavy atom. The lowest BCUT2D eigenvalue weighted by Crippen LogP contribution is -2.60. The predicted octanol–water partition coefficient (Wildman–Crippen LogP) is 2.05. The first-order valence-electron chi connectivity index (χ1n) is 7.37. The molecule has 1 aliphatic heterocycles. The van der Waals surface area contributed by atoms with Crippen molar-refractivity contribution in [3.05, 3.63) is 0 Å². The van der Waals surface area contributed by atoms with Crippen molar-refractivity contribution in [2.24, 2.45) is 16.6 Å². The van der Waals surface area contributed by atoms with E-state index >= 15 is 0 Å². The molecule has 0 spiro atoms. The van der Waals surface area contributed by atoms with Crippen LogP contribution in [-0.4, -0.2) is 37.0 Å². The number of alkyl carbamates (subject to hydrolysis) is 1. The molecule has 1 heterocycles. The minimum absolute atomic E-state index is 0.0899. The lowest BCUT2D eigenvalue weighted by molar-refractivity contribution is 0.0331. The number of hydrogen-bond donors (Lipinski definition) is 2. The van der Waals surface area contributed by atoms with E-state index in [1.807, 2.05) is 20.8 Å². The molecular weight excluding hydrogens is 256 g/mol. The van der Waals surface area contributed by atoms with E-state index in [1.54, 1.807) is 0 Å². The fourth-order valence-electron chi connectivity index (χ4n) is 3.73. The monoisotopic (exact) mass is 284 g/mol. The first-order chi connectivity index (χ1) is 9.08.